The van der Waals surface area contributed by atoms with Crippen LogP contribution in [0.15, 0.2) is 36.8 Å². The first kappa shape index (κ1) is 9.96. The molecule has 1 aromatic carbocycles. The van der Waals surface area contributed by atoms with Crippen molar-refractivity contribution >= 4 is 5.78 Å². The van der Waals surface area contributed by atoms with Gasteiger partial charge in [0.05, 0.1) is 12.8 Å². The van der Waals surface area contributed by atoms with Crippen LogP contribution in [0, 0.1) is 0 Å². The zero-order valence-electron chi connectivity index (χ0n) is 9.09. The molecule has 1 aromatic heterocycles. The molecule has 0 saturated heterocycles. The number of rotatable bonds is 2. The lowest BCUT2D eigenvalue weighted by molar-refractivity contribution is 0.103. The Morgan fingerprint density at radius 3 is 3.06 bits per heavy atom. The highest BCUT2D eigenvalue weighted by Crippen LogP contribution is 2.26. The zero-order chi connectivity index (χ0) is 11.7. The van der Waals surface area contributed by atoms with Crippen LogP contribution in [0.1, 0.15) is 21.6 Å². The van der Waals surface area contributed by atoms with Crippen molar-refractivity contribution in [2.75, 3.05) is 6.61 Å². The first-order valence-corrected chi connectivity index (χ1v) is 5.41. The van der Waals surface area contributed by atoms with Crippen molar-refractivity contribution in [1.29, 1.82) is 0 Å². The molecule has 3 rings (SSSR count). The van der Waals surface area contributed by atoms with Gasteiger partial charge in [0.1, 0.15) is 11.4 Å². The summed E-state index contributed by atoms with van der Waals surface area (Å²) in [7, 11) is 0. The quantitative estimate of drug-likeness (QED) is 0.730. The normalized spacial score (nSPS) is 12.9. The third-order valence-corrected chi connectivity index (χ3v) is 2.75. The minimum Gasteiger partial charge on any atom is -0.493 e. The van der Waals surface area contributed by atoms with Gasteiger partial charge in [-0.05, 0) is 23.8 Å². The Morgan fingerprint density at radius 2 is 2.24 bits per heavy atom. The second kappa shape index (κ2) is 3.97. The van der Waals surface area contributed by atoms with Gasteiger partial charge >= 0.3 is 0 Å². The van der Waals surface area contributed by atoms with Gasteiger partial charge in [0.15, 0.2) is 0 Å². The molecule has 84 valence electrons. The first-order chi connectivity index (χ1) is 8.34. The van der Waals surface area contributed by atoms with Gasteiger partial charge in [-0.15, -0.1) is 0 Å². The number of ketones is 1. The molecule has 17 heavy (non-hydrogen) atoms. The van der Waals surface area contributed by atoms with Crippen LogP contribution in [0.5, 0.6) is 5.75 Å². The van der Waals surface area contributed by atoms with Crippen molar-refractivity contribution < 1.29 is 9.53 Å². The number of nitrogens with zero attached hydrogens (tertiary/aromatic N) is 2. The number of fused-ring (bicyclic) bond motifs is 1. The van der Waals surface area contributed by atoms with Gasteiger partial charge < -0.3 is 4.74 Å². The van der Waals surface area contributed by atoms with E-state index >= 15 is 0 Å². The molecular formula is C13H10N2O2. The zero-order valence-corrected chi connectivity index (χ0v) is 9.09. The second-order valence-corrected chi connectivity index (χ2v) is 3.84. The lowest BCUT2D eigenvalue weighted by atomic mass is 10.0. The number of hydrogen-bond acceptors (Lipinski definition) is 4. The van der Waals surface area contributed by atoms with Gasteiger partial charge in [-0.2, -0.15) is 0 Å². The summed E-state index contributed by atoms with van der Waals surface area (Å²) in [5, 5.41) is 0. The van der Waals surface area contributed by atoms with E-state index in [1.54, 1.807) is 12.3 Å². The molecule has 0 atom stereocenters. The number of ether oxygens (including phenoxy) is 1. The monoisotopic (exact) mass is 226 g/mol. The average Bonchev–Trinajstić information content (AvgIpc) is 2.86. The van der Waals surface area contributed by atoms with Gasteiger partial charge in [0.2, 0.25) is 5.78 Å². The molecular weight excluding hydrogens is 216 g/mol. The van der Waals surface area contributed by atoms with E-state index in [0.29, 0.717) is 17.9 Å². The van der Waals surface area contributed by atoms with E-state index < -0.39 is 0 Å². The minimum absolute atomic E-state index is 0.104. The maximum Gasteiger partial charge on any atom is 0.212 e. The summed E-state index contributed by atoms with van der Waals surface area (Å²) in [5.74, 6) is 0.772. The van der Waals surface area contributed by atoms with E-state index in [2.05, 4.69) is 9.97 Å². The van der Waals surface area contributed by atoms with Crippen LogP contribution < -0.4 is 4.74 Å². The Hall–Kier alpha value is -2.23. The lowest BCUT2D eigenvalue weighted by Gasteiger charge is -2.02. The maximum absolute atomic E-state index is 12.1. The van der Waals surface area contributed by atoms with Crippen molar-refractivity contribution in [3.63, 3.8) is 0 Å². The summed E-state index contributed by atoms with van der Waals surface area (Å²) in [5.41, 5.74) is 2.08. The van der Waals surface area contributed by atoms with Crippen LogP contribution >= 0.6 is 0 Å². The molecule has 4 nitrogen and oxygen atoms in total. The Labute approximate surface area is 98.3 Å². The molecule has 0 saturated carbocycles. The van der Waals surface area contributed by atoms with Crippen molar-refractivity contribution in [2.45, 2.75) is 6.42 Å². The third kappa shape index (κ3) is 1.78. The molecule has 4 heteroatoms. The molecule has 0 aliphatic carbocycles. The van der Waals surface area contributed by atoms with E-state index in [0.717, 1.165) is 17.7 Å². The van der Waals surface area contributed by atoms with Crippen LogP contribution in [0.25, 0.3) is 0 Å². The van der Waals surface area contributed by atoms with Crippen molar-refractivity contribution in [3.05, 3.63) is 53.6 Å². The molecule has 0 N–H and O–H groups in total. The first-order valence-electron chi connectivity index (χ1n) is 5.41. The molecule has 2 aromatic rings. The van der Waals surface area contributed by atoms with Crippen LogP contribution in [0.2, 0.25) is 0 Å². The highest BCUT2D eigenvalue weighted by Gasteiger charge is 2.16. The van der Waals surface area contributed by atoms with Gasteiger partial charge in [-0.1, -0.05) is 0 Å². The van der Waals surface area contributed by atoms with E-state index in [9.17, 15) is 4.79 Å². The van der Waals surface area contributed by atoms with Crippen LogP contribution in [0.4, 0.5) is 0 Å². The fourth-order valence-electron chi connectivity index (χ4n) is 1.89. The summed E-state index contributed by atoms with van der Waals surface area (Å²) in [4.78, 5) is 20.0. The molecule has 2 heterocycles. The smallest absolute Gasteiger partial charge is 0.212 e. The molecule has 0 radical (unpaired) electrons. The predicted octanol–water partition coefficient (Wildman–Crippen LogP) is 1.64. The van der Waals surface area contributed by atoms with Gasteiger partial charge in [0, 0.05) is 24.4 Å². The third-order valence-electron chi connectivity index (χ3n) is 2.75. The number of carbonyl (C=O) groups is 1. The Morgan fingerprint density at radius 1 is 1.29 bits per heavy atom. The standard InChI is InChI=1S/C13H10N2O2/c16-13(11-8-14-4-5-15-11)10-1-2-12-9(7-10)3-6-17-12/h1-2,4-5,7-8H,3,6H2. The van der Waals surface area contributed by atoms with E-state index in [1.165, 1.54) is 12.4 Å². The van der Waals surface area contributed by atoms with E-state index in [-0.39, 0.29) is 5.78 Å². The number of hydrogen-bond donors (Lipinski definition) is 0. The molecule has 0 spiro atoms. The summed E-state index contributed by atoms with van der Waals surface area (Å²) in [6.45, 7) is 0.693. The topological polar surface area (TPSA) is 52.1 Å². The molecule has 1 aliphatic rings. The Kier molecular flexibility index (Phi) is 2.33. The molecule has 1 aliphatic heterocycles. The number of benzene rings is 1. The largest absolute Gasteiger partial charge is 0.493 e. The van der Waals surface area contributed by atoms with Gasteiger partial charge in [-0.3, -0.25) is 9.78 Å². The molecule has 0 fully saturated rings. The maximum atomic E-state index is 12.1. The summed E-state index contributed by atoms with van der Waals surface area (Å²) >= 11 is 0. The summed E-state index contributed by atoms with van der Waals surface area (Å²) in [6, 6.07) is 5.48. The highest BCUT2D eigenvalue weighted by atomic mass is 16.5. The molecule has 0 unspecified atom stereocenters. The summed E-state index contributed by atoms with van der Waals surface area (Å²) in [6.07, 6.45) is 5.40. The van der Waals surface area contributed by atoms with Gasteiger partial charge in [0.25, 0.3) is 0 Å². The molecule has 0 amide bonds. The van der Waals surface area contributed by atoms with Crippen LogP contribution in [-0.2, 0) is 6.42 Å². The average molecular weight is 226 g/mol. The Balaban J connectivity index is 1.97. The van der Waals surface area contributed by atoms with Crippen molar-refractivity contribution in [1.82, 2.24) is 9.97 Å². The van der Waals surface area contributed by atoms with Crippen molar-refractivity contribution in [2.24, 2.45) is 0 Å². The van der Waals surface area contributed by atoms with Crippen molar-refractivity contribution in [3.8, 4) is 5.75 Å². The summed E-state index contributed by atoms with van der Waals surface area (Å²) < 4.78 is 5.40. The Bertz CT molecular complexity index is 567. The molecule has 0 bridgehead atoms. The van der Waals surface area contributed by atoms with E-state index in [4.69, 9.17) is 4.74 Å². The fraction of sp³-hybridized carbons (Fsp3) is 0.154. The SMILES string of the molecule is O=C(c1ccc2c(c1)CCO2)c1cnccn1. The van der Waals surface area contributed by atoms with Crippen LogP contribution in [0.3, 0.4) is 0 Å². The second-order valence-electron chi connectivity index (χ2n) is 3.84. The van der Waals surface area contributed by atoms with E-state index in [1.807, 2.05) is 12.1 Å². The fourth-order valence-corrected chi connectivity index (χ4v) is 1.89. The van der Waals surface area contributed by atoms with Crippen LogP contribution in [-0.4, -0.2) is 22.4 Å². The predicted molar refractivity (Wildman–Crippen MR) is 61.1 cm³/mol. The number of carbonyl (C=O) groups excluding carboxylic acids is 1. The van der Waals surface area contributed by atoms with Gasteiger partial charge in [-0.25, -0.2) is 4.98 Å². The number of aromatic nitrogens is 2. The highest BCUT2D eigenvalue weighted by molar-refractivity contribution is 6.07. The lowest BCUT2D eigenvalue weighted by Crippen LogP contribution is -2.04. The minimum atomic E-state index is -0.104.